The molecule has 2 heterocycles. The quantitative estimate of drug-likeness (QED) is 0.907. The van der Waals surface area contributed by atoms with Crippen LogP contribution in [0.4, 0.5) is 0 Å². The van der Waals surface area contributed by atoms with E-state index in [0.717, 1.165) is 13.1 Å². The second kappa shape index (κ2) is 5.26. The monoisotopic (exact) mass is 274 g/mol. The molecule has 2 nitrogen and oxygen atoms in total. The van der Waals surface area contributed by atoms with E-state index in [2.05, 4.69) is 37.6 Å². The minimum absolute atomic E-state index is 1.14. The molecule has 1 aliphatic rings. The number of piperazine rings is 1. The second-order valence-electron chi connectivity index (χ2n) is 3.56. The Hall–Kier alpha value is 0.1000. The number of nitrogens with one attached hydrogen (secondary N) is 1. The van der Waals surface area contributed by atoms with Gasteiger partial charge in [0.15, 0.2) is 0 Å². The van der Waals surface area contributed by atoms with Crippen molar-refractivity contribution in [3.63, 3.8) is 0 Å². The van der Waals surface area contributed by atoms with Gasteiger partial charge in [0.1, 0.15) is 0 Å². The molecule has 1 aromatic heterocycles. The van der Waals surface area contributed by atoms with Crippen LogP contribution in [-0.4, -0.2) is 37.6 Å². The van der Waals surface area contributed by atoms with Gasteiger partial charge in [-0.15, -0.1) is 11.3 Å². The van der Waals surface area contributed by atoms with Gasteiger partial charge in [-0.25, -0.2) is 0 Å². The highest BCUT2D eigenvalue weighted by Crippen LogP contribution is 2.23. The van der Waals surface area contributed by atoms with E-state index in [1.807, 2.05) is 0 Å². The Morgan fingerprint density at radius 2 is 2.21 bits per heavy atom. The maximum Gasteiger partial charge on any atom is 0.0730 e. The van der Waals surface area contributed by atoms with Crippen LogP contribution in [0.15, 0.2) is 15.2 Å². The molecule has 14 heavy (non-hydrogen) atoms. The van der Waals surface area contributed by atoms with Crippen LogP contribution in [0.5, 0.6) is 0 Å². The third-order valence-electron chi connectivity index (χ3n) is 2.60. The number of nitrogens with zero attached hydrogens (tertiary/aromatic N) is 1. The van der Waals surface area contributed by atoms with Gasteiger partial charge in [-0.3, -0.25) is 0 Å². The average molecular weight is 275 g/mol. The van der Waals surface area contributed by atoms with Gasteiger partial charge in [0.05, 0.1) is 3.79 Å². The first-order chi connectivity index (χ1) is 6.86. The Morgan fingerprint density at radius 3 is 2.86 bits per heavy atom. The smallest absolute Gasteiger partial charge is 0.0730 e. The summed E-state index contributed by atoms with van der Waals surface area (Å²) >= 11 is 5.36. The molecule has 1 aliphatic heterocycles. The Bertz CT molecular complexity index is 281. The van der Waals surface area contributed by atoms with Crippen LogP contribution in [0.25, 0.3) is 0 Å². The van der Waals surface area contributed by atoms with Crippen molar-refractivity contribution in [2.75, 3.05) is 32.7 Å². The molecular formula is C10H15BrN2S. The van der Waals surface area contributed by atoms with Crippen LogP contribution in [0, 0.1) is 0 Å². The van der Waals surface area contributed by atoms with Crippen molar-refractivity contribution in [2.24, 2.45) is 0 Å². The highest BCUT2D eigenvalue weighted by atomic mass is 79.9. The SMILES string of the molecule is Brc1sccc1CCN1CCNCC1. The normalized spacial score (nSPS) is 18.6. The third kappa shape index (κ3) is 2.79. The van der Waals surface area contributed by atoms with E-state index in [1.165, 1.54) is 35.4 Å². The molecule has 0 radical (unpaired) electrons. The van der Waals surface area contributed by atoms with E-state index in [4.69, 9.17) is 0 Å². The molecule has 0 aliphatic carbocycles. The zero-order valence-electron chi connectivity index (χ0n) is 8.13. The number of halogens is 1. The van der Waals surface area contributed by atoms with E-state index in [1.54, 1.807) is 11.3 Å². The lowest BCUT2D eigenvalue weighted by Gasteiger charge is -2.26. The zero-order chi connectivity index (χ0) is 9.80. The summed E-state index contributed by atoms with van der Waals surface area (Å²) in [5.41, 5.74) is 1.45. The summed E-state index contributed by atoms with van der Waals surface area (Å²) in [7, 11) is 0. The fourth-order valence-corrected chi connectivity index (χ4v) is 3.04. The van der Waals surface area contributed by atoms with Gasteiger partial charge in [0, 0.05) is 32.7 Å². The molecule has 0 unspecified atom stereocenters. The zero-order valence-corrected chi connectivity index (χ0v) is 10.5. The molecule has 2 rings (SSSR count). The summed E-state index contributed by atoms with van der Waals surface area (Å²) in [5.74, 6) is 0. The number of hydrogen-bond acceptors (Lipinski definition) is 3. The predicted octanol–water partition coefficient (Wildman–Crippen LogP) is 1.96. The summed E-state index contributed by atoms with van der Waals surface area (Å²) in [6.45, 7) is 5.87. The van der Waals surface area contributed by atoms with Gasteiger partial charge in [0.2, 0.25) is 0 Å². The molecule has 0 spiro atoms. The first kappa shape index (κ1) is 10.6. The van der Waals surface area contributed by atoms with Crippen LogP contribution >= 0.6 is 27.3 Å². The Morgan fingerprint density at radius 1 is 1.43 bits per heavy atom. The topological polar surface area (TPSA) is 15.3 Å². The molecule has 78 valence electrons. The first-order valence-electron chi connectivity index (χ1n) is 5.01. The molecule has 1 aromatic rings. The number of thiophene rings is 1. The van der Waals surface area contributed by atoms with Gasteiger partial charge >= 0.3 is 0 Å². The Kier molecular flexibility index (Phi) is 3.99. The van der Waals surface area contributed by atoms with E-state index in [0.29, 0.717) is 0 Å². The van der Waals surface area contributed by atoms with Crippen LogP contribution in [-0.2, 0) is 6.42 Å². The van der Waals surface area contributed by atoms with Crippen LogP contribution in [0.1, 0.15) is 5.56 Å². The number of rotatable bonds is 3. The van der Waals surface area contributed by atoms with Gasteiger partial charge in [-0.2, -0.15) is 0 Å². The van der Waals surface area contributed by atoms with Crippen LogP contribution in [0.3, 0.4) is 0 Å². The van der Waals surface area contributed by atoms with Crippen LogP contribution < -0.4 is 5.32 Å². The lowest BCUT2D eigenvalue weighted by molar-refractivity contribution is 0.244. The van der Waals surface area contributed by atoms with Crippen molar-refractivity contribution in [1.82, 2.24) is 10.2 Å². The summed E-state index contributed by atoms with van der Waals surface area (Å²) in [5, 5.41) is 5.52. The van der Waals surface area contributed by atoms with Crippen molar-refractivity contribution in [1.29, 1.82) is 0 Å². The molecule has 4 heteroatoms. The fourth-order valence-electron chi connectivity index (χ4n) is 1.71. The van der Waals surface area contributed by atoms with E-state index < -0.39 is 0 Å². The summed E-state index contributed by atoms with van der Waals surface area (Å²) in [6, 6.07) is 2.22. The highest BCUT2D eigenvalue weighted by molar-refractivity contribution is 9.11. The van der Waals surface area contributed by atoms with Gasteiger partial charge in [-0.1, -0.05) is 0 Å². The van der Waals surface area contributed by atoms with Gasteiger partial charge in [-0.05, 0) is 39.4 Å². The Balaban J connectivity index is 1.79. The Labute approximate surface area is 97.4 Å². The molecule has 0 atom stereocenters. The summed E-state index contributed by atoms with van der Waals surface area (Å²) in [6.07, 6.45) is 1.17. The lowest BCUT2D eigenvalue weighted by Crippen LogP contribution is -2.44. The largest absolute Gasteiger partial charge is 0.314 e. The van der Waals surface area contributed by atoms with Crippen molar-refractivity contribution >= 4 is 27.3 Å². The maximum atomic E-state index is 3.58. The molecule has 0 aromatic carbocycles. The fraction of sp³-hybridized carbons (Fsp3) is 0.600. The minimum Gasteiger partial charge on any atom is -0.314 e. The summed E-state index contributed by atoms with van der Waals surface area (Å²) in [4.78, 5) is 2.53. The molecule has 1 fully saturated rings. The predicted molar refractivity (Wildman–Crippen MR) is 65.0 cm³/mol. The van der Waals surface area contributed by atoms with Crippen molar-refractivity contribution in [2.45, 2.75) is 6.42 Å². The summed E-state index contributed by atoms with van der Waals surface area (Å²) < 4.78 is 1.30. The van der Waals surface area contributed by atoms with Crippen molar-refractivity contribution in [3.8, 4) is 0 Å². The van der Waals surface area contributed by atoms with E-state index in [9.17, 15) is 0 Å². The maximum absolute atomic E-state index is 3.58. The van der Waals surface area contributed by atoms with Crippen LogP contribution in [0.2, 0.25) is 0 Å². The first-order valence-corrected chi connectivity index (χ1v) is 6.68. The van der Waals surface area contributed by atoms with Crippen molar-refractivity contribution in [3.05, 3.63) is 20.8 Å². The van der Waals surface area contributed by atoms with Crippen molar-refractivity contribution < 1.29 is 0 Å². The average Bonchev–Trinajstić information content (AvgIpc) is 2.63. The standard InChI is InChI=1S/C10H15BrN2S/c11-10-9(2-8-14-10)1-5-13-6-3-12-4-7-13/h2,8,12H,1,3-7H2. The highest BCUT2D eigenvalue weighted by Gasteiger charge is 2.10. The van der Waals surface area contributed by atoms with E-state index >= 15 is 0 Å². The number of hydrogen-bond donors (Lipinski definition) is 1. The van der Waals surface area contributed by atoms with E-state index in [-0.39, 0.29) is 0 Å². The van der Waals surface area contributed by atoms with Gasteiger partial charge < -0.3 is 10.2 Å². The molecule has 0 amide bonds. The molecule has 0 bridgehead atoms. The third-order valence-corrected chi connectivity index (χ3v) is 4.41. The molecule has 0 saturated carbocycles. The second-order valence-corrected chi connectivity index (χ2v) is 5.80. The molecule has 1 saturated heterocycles. The molecular weight excluding hydrogens is 260 g/mol. The minimum atomic E-state index is 1.14. The lowest BCUT2D eigenvalue weighted by atomic mass is 10.2. The van der Waals surface area contributed by atoms with Gasteiger partial charge in [0.25, 0.3) is 0 Å². The molecule has 1 N–H and O–H groups in total.